The second kappa shape index (κ2) is 6.42. The summed E-state index contributed by atoms with van der Waals surface area (Å²) in [6.45, 7) is 0. The van der Waals surface area contributed by atoms with Gasteiger partial charge < -0.3 is 15.6 Å². The monoisotopic (exact) mass is 291 g/mol. The molecule has 20 heavy (non-hydrogen) atoms. The number of carboxylic acids is 1. The zero-order chi connectivity index (χ0) is 14.5. The molecule has 1 atom stereocenters. The van der Waals surface area contributed by atoms with Gasteiger partial charge in [-0.3, -0.25) is 10.4 Å². The van der Waals surface area contributed by atoms with Crippen molar-refractivity contribution in [1.29, 1.82) is 0 Å². The van der Waals surface area contributed by atoms with E-state index < -0.39 is 5.97 Å². The average molecular weight is 291 g/mol. The highest BCUT2D eigenvalue weighted by Gasteiger charge is 2.23. The Balaban J connectivity index is 2.27. The molecule has 1 aliphatic carbocycles. The second-order valence-corrected chi connectivity index (χ2v) is 5.07. The first-order valence-electron chi connectivity index (χ1n) is 6.37. The number of hydrogen-bond donors (Lipinski definition) is 2. The predicted molar refractivity (Wildman–Crippen MR) is 77.1 cm³/mol. The van der Waals surface area contributed by atoms with Crippen molar-refractivity contribution in [1.82, 2.24) is 10.4 Å². The zero-order valence-electron chi connectivity index (χ0n) is 10.8. The molecule has 3 N–H and O–H groups in total. The fraction of sp³-hybridized carbons (Fsp3) is 0.385. The highest BCUT2D eigenvalue weighted by atomic mass is 32.1. The molecule has 2 rings (SSSR count). The number of aromatic carboxylic acids is 1. The summed E-state index contributed by atoms with van der Waals surface area (Å²) in [5.41, 5.74) is 9.67. The maximum absolute atomic E-state index is 10.9. The lowest BCUT2D eigenvalue weighted by Crippen LogP contribution is -2.28. The van der Waals surface area contributed by atoms with Crippen LogP contribution in [0.3, 0.4) is 0 Å². The van der Waals surface area contributed by atoms with Crippen LogP contribution in [0.4, 0.5) is 0 Å². The lowest BCUT2D eigenvalue weighted by Gasteiger charge is -2.24. The van der Waals surface area contributed by atoms with E-state index >= 15 is 0 Å². The maximum atomic E-state index is 10.9. The molecule has 1 fully saturated rings. The van der Waals surface area contributed by atoms with Crippen molar-refractivity contribution in [2.75, 3.05) is 0 Å². The smallest absolute Gasteiger partial charge is 0.184 e. The van der Waals surface area contributed by atoms with E-state index in [9.17, 15) is 9.90 Å². The first kappa shape index (κ1) is 14.4. The van der Waals surface area contributed by atoms with Crippen LogP contribution in [0.1, 0.15) is 47.7 Å². The predicted octanol–water partition coefficient (Wildman–Crippen LogP) is 0.292. The Morgan fingerprint density at radius 1 is 1.55 bits per heavy atom. The number of carbonyl (C=O) groups excluding carboxylic acids is 1. The van der Waals surface area contributed by atoms with E-state index in [1.807, 2.05) is 0 Å². The molecule has 0 aromatic carbocycles. The van der Waals surface area contributed by atoms with Crippen molar-refractivity contribution in [3.05, 3.63) is 29.6 Å². The number of pyridine rings is 1. The molecule has 1 aliphatic rings. The van der Waals surface area contributed by atoms with Gasteiger partial charge in [-0.05, 0) is 43.6 Å². The van der Waals surface area contributed by atoms with E-state index in [4.69, 9.17) is 18.0 Å². The Morgan fingerprint density at radius 3 is 3.05 bits per heavy atom. The molecule has 0 aliphatic heterocycles. The fourth-order valence-electron chi connectivity index (χ4n) is 2.34. The van der Waals surface area contributed by atoms with Gasteiger partial charge in [-0.15, -0.1) is 0 Å². The van der Waals surface area contributed by atoms with Crippen molar-refractivity contribution in [2.24, 2.45) is 10.8 Å². The summed E-state index contributed by atoms with van der Waals surface area (Å²) in [7, 11) is 0. The summed E-state index contributed by atoms with van der Waals surface area (Å²) < 4.78 is 0. The molecule has 0 unspecified atom stereocenters. The number of nitrogens with zero attached hydrogens (tertiary/aromatic N) is 2. The normalized spacial score (nSPS) is 20.6. The second-order valence-electron chi connectivity index (χ2n) is 4.63. The van der Waals surface area contributed by atoms with Crippen molar-refractivity contribution < 1.29 is 9.90 Å². The highest BCUT2D eigenvalue weighted by molar-refractivity contribution is 7.80. The third kappa shape index (κ3) is 3.51. The molecule has 1 aromatic rings. The van der Waals surface area contributed by atoms with Crippen molar-refractivity contribution in [3.63, 3.8) is 0 Å². The van der Waals surface area contributed by atoms with E-state index in [1.165, 1.54) is 12.3 Å². The summed E-state index contributed by atoms with van der Waals surface area (Å²) in [5.74, 6) is -1.21. The molecule has 1 heterocycles. The lowest BCUT2D eigenvalue weighted by molar-refractivity contribution is -0.255. The van der Waals surface area contributed by atoms with Gasteiger partial charge in [0.05, 0.1) is 5.97 Å². The number of aromatic nitrogens is 1. The molecule has 1 aromatic heterocycles. The van der Waals surface area contributed by atoms with Gasteiger partial charge in [-0.25, -0.2) is 0 Å². The quantitative estimate of drug-likeness (QED) is 0.613. The number of carbonyl (C=O) groups is 1. The van der Waals surface area contributed by atoms with Crippen LogP contribution < -0.4 is 16.3 Å². The molecule has 6 nitrogen and oxygen atoms in total. The van der Waals surface area contributed by atoms with Crippen LogP contribution in [-0.4, -0.2) is 21.8 Å². The molecular formula is C13H15N4O2S-. The Bertz CT molecular complexity index is 559. The average Bonchev–Trinajstić information content (AvgIpc) is 2.45. The molecule has 0 saturated heterocycles. The van der Waals surface area contributed by atoms with Gasteiger partial charge in [-0.1, -0.05) is 6.42 Å². The van der Waals surface area contributed by atoms with E-state index in [-0.39, 0.29) is 16.6 Å². The van der Waals surface area contributed by atoms with Crippen LogP contribution in [0.2, 0.25) is 0 Å². The Kier molecular flexibility index (Phi) is 4.62. The van der Waals surface area contributed by atoms with Crippen LogP contribution in [-0.2, 0) is 0 Å². The lowest BCUT2D eigenvalue weighted by atomic mass is 9.84. The van der Waals surface area contributed by atoms with Gasteiger partial charge in [0, 0.05) is 29.1 Å². The molecule has 7 heteroatoms. The standard InChI is InChI=1S/C13H16N4O2S/c14-13(20)17-16-10-4-2-1-3-9(10)11-7-8(12(18)19)5-6-15-11/h5-7,9H,1-4H2,(H,18,19)(H3,14,17,20)/p-1/b16-10-/t9-/m0/s1. The Morgan fingerprint density at radius 2 is 2.35 bits per heavy atom. The number of hydrogen-bond acceptors (Lipinski definition) is 5. The van der Waals surface area contributed by atoms with Crippen LogP contribution in [0, 0.1) is 0 Å². The number of hydrazone groups is 1. The number of carboxylic acid groups (broad SMARTS) is 1. The summed E-state index contributed by atoms with van der Waals surface area (Å²) in [5, 5.41) is 15.2. The molecule has 0 amide bonds. The zero-order valence-corrected chi connectivity index (χ0v) is 11.7. The van der Waals surface area contributed by atoms with Crippen LogP contribution in [0.15, 0.2) is 23.4 Å². The van der Waals surface area contributed by atoms with Crippen LogP contribution >= 0.6 is 12.2 Å². The van der Waals surface area contributed by atoms with Gasteiger partial charge in [0.1, 0.15) is 0 Å². The number of thiocarbonyl (C=S) groups is 1. The molecule has 0 spiro atoms. The minimum absolute atomic E-state index is 0.00935. The third-order valence-corrected chi connectivity index (χ3v) is 3.35. The largest absolute Gasteiger partial charge is 0.545 e. The summed E-state index contributed by atoms with van der Waals surface area (Å²) in [6.07, 6.45) is 5.26. The van der Waals surface area contributed by atoms with Crippen LogP contribution in [0.25, 0.3) is 0 Å². The van der Waals surface area contributed by atoms with Gasteiger partial charge in [0.25, 0.3) is 0 Å². The summed E-state index contributed by atoms with van der Waals surface area (Å²) >= 11 is 4.73. The van der Waals surface area contributed by atoms with E-state index in [1.54, 1.807) is 6.07 Å². The Hall–Kier alpha value is -2.02. The van der Waals surface area contributed by atoms with E-state index in [2.05, 4.69) is 15.5 Å². The van der Waals surface area contributed by atoms with Crippen molar-refractivity contribution in [3.8, 4) is 0 Å². The van der Waals surface area contributed by atoms with Crippen LogP contribution in [0.5, 0.6) is 0 Å². The Labute approximate surface area is 122 Å². The molecular weight excluding hydrogens is 276 g/mol. The summed E-state index contributed by atoms with van der Waals surface area (Å²) in [4.78, 5) is 15.2. The SMILES string of the molecule is NC(=S)N/N=C1/CCCC[C@@H]1c1cc(C(=O)[O-])ccn1. The molecule has 0 radical (unpaired) electrons. The first-order valence-corrected chi connectivity index (χ1v) is 6.78. The summed E-state index contributed by atoms with van der Waals surface area (Å²) in [6, 6.07) is 2.97. The molecule has 0 bridgehead atoms. The topological polar surface area (TPSA) is 103 Å². The van der Waals surface area contributed by atoms with Crippen molar-refractivity contribution >= 4 is 29.0 Å². The van der Waals surface area contributed by atoms with Gasteiger partial charge in [0.2, 0.25) is 0 Å². The van der Waals surface area contributed by atoms with Gasteiger partial charge in [-0.2, -0.15) is 5.10 Å². The minimum atomic E-state index is -1.20. The number of rotatable bonds is 3. The first-order chi connectivity index (χ1) is 9.58. The van der Waals surface area contributed by atoms with E-state index in [0.29, 0.717) is 5.69 Å². The highest BCUT2D eigenvalue weighted by Crippen LogP contribution is 2.29. The third-order valence-electron chi connectivity index (χ3n) is 3.26. The van der Waals surface area contributed by atoms with Gasteiger partial charge >= 0.3 is 0 Å². The molecule has 106 valence electrons. The fourth-order valence-corrected chi connectivity index (χ4v) is 2.39. The maximum Gasteiger partial charge on any atom is 0.184 e. The number of nitrogens with two attached hydrogens (primary N) is 1. The number of nitrogens with one attached hydrogen (secondary N) is 1. The van der Waals surface area contributed by atoms with E-state index in [0.717, 1.165) is 31.4 Å². The molecule has 1 saturated carbocycles. The van der Waals surface area contributed by atoms with Crippen molar-refractivity contribution in [2.45, 2.75) is 31.6 Å². The van der Waals surface area contributed by atoms with Gasteiger partial charge in [0.15, 0.2) is 5.11 Å². The minimum Gasteiger partial charge on any atom is -0.545 e.